The van der Waals surface area contributed by atoms with Crippen LogP contribution in [-0.2, 0) is 4.74 Å². The van der Waals surface area contributed by atoms with Crippen molar-refractivity contribution in [3.63, 3.8) is 0 Å². The fraction of sp³-hybridized carbons (Fsp3) is 0.545. The molecule has 2 unspecified atom stereocenters. The van der Waals surface area contributed by atoms with Crippen LogP contribution in [0.1, 0.15) is 12.6 Å². The molecule has 2 atom stereocenters. The number of nitrogens with zero attached hydrogens (tertiary/aromatic N) is 3. The number of nitrogen functional groups attached to an aromatic ring is 1. The average molecular weight is 339 g/mol. The van der Waals surface area contributed by atoms with Crippen LogP contribution in [0, 0.1) is 0 Å². The average Bonchev–Trinajstić information content (AvgIpc) is 2.99. The summed E-state index contributed by atoms with van der Waals surface area (Å²) in [6.07, 6.45) is -2.23. The molecule has 1 aliphatic rings. The Hall–Kier alpha value is -2.21. The third kappa shape index (κ3) is 3.27. The largest absolute Gasteiger partial charge is 0.394 e. The van der Waals surface area contributed by atoms with Crippen LogP contribution in [0.4, 0.5) is 23.5 Å². The van der Waals surface area contributed by atoms with E-state index in [1.807, 2.05) is 0 Å². The van der Waals surface area contributed by atoms with Crippen molar-refractivity contribution < 1.29 is 27.4 Å². The van der Waals surface area contributed by atoms with Crippen molar-refractivity contribution in [1.82, 2.24) is 19.5 Å². The van der Waals surface area contributed by atoms with E-state index < -0.39 is 43.8 Å². The number of aromatic nitrogens is 4. The number of ether oxygens (including phenoxy) is 1. The molecule has 0 amide bonds. The van der Waals surface area contributed by atoms with Gasteiger partial charge < -0.3 is 15.6 Å². The number of aliphatic hydroxyl groups excluding tert-OH is 1. The molecule has 0 saturated carbocycles. The summed E-state index contributed by atoms with van der Waals surface area (Å²) in [5.74, 6) is -3.41. The molecule has 0 aromatic carbocycles. The topological polar surface area (TPSA) is 119 Å². The fourth-order valence-electron chi connectivity index (χ4n) is 2.23. The van der Waals surface area contributed by atoms with E-state index in [0.717, 1.165) is 10.9 Å². The molecule has 0 aliphatic carbocycles. The summed E-state index contributed by atoms with van der Waals surface area (Å²) in [5.41, 5.74) is 4.58. The summed E-state index contributed by atoms with van der Waals surface area (Å²) < 4.78 is 53.1. The Balaban J connectivity index is 0.000000595. The third-order valence-corrected chi connectivity index (χ3v) is 3.09. The normalized spacial score (nSPS) is 22.8. The lowest BCUT2D eigenvalue weighted by molar-refractivity contribution is -0.116. The molecule has 0 radical (unpaired) electrons. The van der Waals surface area contributed by atoms with E-state index in [1.54, 1.807) is 0 Å². The predicted molar refractivity (Wildman–Crippen MR) is 70.2 cm³/mol. The quantitative estimate of drug-likeness (QED) is 0.686. The first kappa shape index (κ1) is 17.1. The Morgan fingerprint density at radius 3 is 2.74 bits per heavy atom. The van der Waals surface area contributed by atoms with Gasteiger partial charge in [-0.05, 0) is 0 Å². The van der Waals surface area contributed by atoms with Gasteiger partial charge in [0.15, 0.2) is 11.2 Å². The Morgan fingerprint density at radius 1 is 1.52 bits per heavy atom. The van der Waals surface area contributed by atoms with Crippen molar-refractivity contribution in [1.29, 1.82) is 0 Å². The first-order valence-corrected chi connectivity index (χ1v) is 6.32. The minimum absolute atomic E-state index is 0.0884. The number of aliphatic hydroxyl groups is 1. The number of rotatable bonds is 2. The lowest BCUT2D eigenvalue weighted by Gasteiger charge is -2.19. The van der Waals surface area contributed by atoms with Crippen LogP contribution < -0.4 is 11.3 Å². The zero-order valence-electron chi connectivity index (χ0n) is 11.5. The number of anilines is 1. The van der Waals surface area contributed by atoms with Gasteiger partial charge in [-0.2, -0.15) is 4.98 Å². The van der Waals surface area contributed by atoms with Crippen molar-refractivity contribution in [3.05, 3.63) is 16.7 Å². The van der Waals surface area contributed by atoms with E-state index in [4.69, 9.17) is 15.6 Å². The molecule has 0 spiro atoms. The molecule has 3 heterocycles. The SMILES string of the molecule is FCF.Nc1nc2c(ncn2C2OC(CO)CC2(F)F)c(=O)[nH]1. The maximum absolute atomic E-state index is 13.9. The van der Waals surface area contributed by atoms with Crippen LogP contribution in [0.2, 0.25) is 0 Å². The number of hydrogen-bond acceptors (Lipinski definition) is 6. The molecule has 1 saturated heterocycles. The van der Waals surface area contributed by atoms with Crippen LogP contribution in [0.25, 0.3) is 11.2 Å². The molecule has 1 aliphatic heterocycles. The van der Waals surface area contributed by atoms with Crippen molar-refractivity contribution >= 4 is 17.1 Å². The summed E-state index contributed by atoms with van der Waals surface area (Å²) in [6.45, 7) is -2.27. The van der Waals surface area contributed by atoms with Gasteiger partial charge in [0.05, 0.1) is 19.0 Å². The van der Waals surface area contributed by atoms with E-state index in [9.17, 15) is 22.4 Å². The van der Waals surface area contributed by atoms with Gasteiger partial charge >= 0.3 is 0 Å². The van der Waals surface area contributed by atoms with E-state index in [-0.39, 0.29) is 17.1 Å². The van der Waals surface area contributed by atoms with E-state index in [1.165, 1.54) is 0 Å². The van der Waals surface area contributed by atoms with Gasteiger partial charge in [-0.25, -0.2) is 22.5 Å². The second kappa shape index (κ2) is 6.50. The van der Waals surface area contributed by atoms with Crippen LogP contribution >= 0.6 is 0 Å². The summed E-state index contributed by atoms with van der Waals surface area (Å²) in [5, 5.41) is 8.94. The van der Waals surface area contributed by atoms with Crippen molar-refractivity contribution in [2.24, 2.45) is 0 Å². The number of aromatic amines is 1. The summed E-state index contributed by atoms with van der Waals surface area (Å²) in [7, 11) is 0. The lowest BCUT2D eigenvalue weighted by atomic mass is 10.2. The van der Waals surface area contributed by atoms with E-state index in [2.05, 4.69) is 15.0 Å². The first-order chi connectivity index (χ1) is 10.8. The number of halogens is 4. The van der Waals surface area contributed by atoms with Crippen molar-refractivity contribution in [2.75, 3.05) is 19.3 Å². The number of hydrogen-bond donors (Lipinski definition) is 3. The molecule has 3 rings (SSSR count). The minimum atomic E-state index is -3.21. The molecular formula is C11H13F4N5O3. The maximum Gasteiger partial charge on any atom is 0.295 e. The number of alkyl halides is 4. The number of nitrogens with one attached hydrogen (secondary N) is 1. The second-order valence-electron chi connectivity index (χ2n) is 4.63. The van der Waals surface area contributed by atoms with Gasteiger partial charge in [0.2, 0.25) is 19.1 Å². The van der Waals surface area contributed by atoms with Gasteiger partial charge in [-0.15, -0.1) is 0 Å². The molecule has 12 heteroatoms. The third-order valence-electron chi connectivity index (χ3n) is 3.09. The summed E-state index contributed by atoms with van der Waals surface area (Å²) in [4.78, 5) is 21.4. The highest BCUT2D eigenvalue weighted by Gasteiger charge is 2.51. The number of imidazole rings is 1. The Bertz CT molecular complexity index is 734. The van der Waals surface area contributed by atoms with Gasteiger partial charge in [-0.3, -0.25) is 14.3 Å². The second-order valence-corrected chi connectivity index (χ2v) is 4.63. The minimum Gasteiger partial charge on any atom is -0.394 e. The number of fused-ring (bicyclic) bond motifs is 1. The maximum atomic E-state index is 13.9. The standard InChI is InChI=1S/C10H11F2N5O3.CH2F2/c11-10(12)1-4(2-18)20-8(10)17-3-14-5-6(17)15-9(13)16-7(5)19;2-1-3/h3-4,8,18H,1-2H2,(H3,13,15,16,19);1H2. The number of H-pyrrole nitrogens is 1. The molecule has 2 aromatic heterocycles. The summed E-state index contributed by atoms with van der Waals surface area (Å²) in [6, 6.07) is 0. The number of nitrogens with two attached hydrogens (primary N) is 1. The van der Waals surface area contributed by atoms with Crippen LogP contribution in [0.5, 0.6) is 0 Å². The van der Waals surface area contributed by atoms with E-state index >= 15 is 0 Å². The molecular weight excluding hydrogens is 326 g/mol. The molecule has 1 fully saturated rings. The zero-order chi connectivity index (χ0) is 17.2. The van der Waals surface area contributed by atoms with Crippen LogP contribution in [0.3, 0.4) is 0 Å². The van der Waals surface area contributed by atoms with Crippen molar-refractivity contribution in [2.45, 2.75) is 24.7 Å². The Morgan fingerprint density at radius 2 is 2.17 bits per heavy atom. The molecule has 2 aromatic rings. The Kier molecular flexibility index (Phi) is 4.85. The zero-order valence-corrected chi connectivity index (χ0v) is 11.5. The molecule has 4 N–H and O–H groups in total. The molecule has 0 bridgehead atoms. The Labute approximate surface area is 125 Å². The molecule has 128 valence electrons. The highest BCUT2D eigenvalue weighted by Crippen LogP contribution is 2.43. The highest BCUT2D eigenvalue weighted by molar-refractivity contribution is 5.70. The summed E-state index contributed by atoms with van der Waals surface area (Å²) >= 11 is 0. The van der Waals surface area contributed by atoms with Gasteiger partial charge in [0.25, 0.3) is 11.5 Å². The fourth-order valence-corrected chi connectivity index (χ4v) is 2.23. The van der Waals surface area contributed by atoms with Crippen LogP contribution in [-0.4, -0.2) is 50.2 Å². The monoisotopic (exact) mass is 339 g/mol. The predicted octanol–water partition coefficient (Wildman–Crippen LogP) is 0.500. The van der Waals surface area contributed by atoms with Gasteiger partial charge in [0, 0.05) is 6.42 Å². The highest BCUT2D eigenvalue weighted by atomic mass is 19.3. The lowest BCUT2D eigenvalue weighted by Crippen LogP contribution is -2.26. The molecule has 8 nitrogen and oxygen atoms in total. The van der Waals surface area contributed by atoms with Crippen LogP contribution in [0.15, 0.2) is 11.1 Å². The van der Waals surface area contributed by atoms with E-state index in [0.29, 0.717) is 0 Å². The van der Waals surface area contributed by atoms with Gasteiger partial charge in [0.1, 0.15) is 0 Å². The van der Waals surface area contributed by atoms with Crippen molar-refractivity contribution in [3.8, 4) is 0 Å². The first-order valence-electron chi connectivity index (χ1n) is 6.32. The van der Waals surface area contributed by atoms with Gasteiger partial charge in [-0.1, -0.05) is 0 Å². The molecule has 23 heavy (non-hydrogen) atoms. The smallest absolute Gasteiger partial charge is 0.295 e.